The zero-order chi connectivity index (χ0) is 19.8. The van der Waals surface area contributed by atoms with Crippen LogP contribution in [-0.4, -0.2) is 26.7 Å². The van der Waals surface area contributed by atoms with Crippen molar-refractivity contribution in [3.05, 3.63) is 53.6 Å². The van der Waals surface area contributed by atoms with E-state index in [9.17, 15) is 4.79 Å². The van der Waals surface area contributed by atoms with Gasteiger partial charge in [0.1, 0.15) is 11.5 Å². The molecule has 5 heteroatoms. The minimum absolute atomic E-state index is 0.111. The Kier molecular flexibility index (Phi) is 7.67. The maximum absolute atomic E-state index is 12.4. The van der Waals surface area contributed by atoms with E-state index >= 15 is 0 Å². The van der Waals surface area contributed by atoms with E-state index in [1.54, 1.807) is 32.4 Å². The normalized spacial score (nSPS) is 11.9. The van der Waals surface area contributed by atoms with E-state index < -0.39 is 0 Å². The van der Waals surface area contributed by atoms with Gasteiger partial charge in [0.25, 0.3) is 0 Å². The number of amides is 1. The van der Waals surface area contributed by atoms with Crippen molar-refractivity contribution in [1.29, 1.82) is 0 Å². The van der Waals surface area contributed by atoms with Gasteiger partial charge in [0.05, 0.1) is 26.5 Å². The molecule has 0 aromatic heterocycles. The first-order valence-electron chi connectivity index (χ1n) is 9.32. The molecule has 1 atom stereocenters. The van der Waals surface area contributed by atoms with Crippen LogP contribution >= 0.6 is 0 Å². The number of nitrogens with one attached hydrogen (secondary N) is 2. The van der Waals surface area contributed by atoms with Crippen molar-refractivity contribution in [3.63, 3.8) is 0 Å². The average Bonchev–Trinajstić information content (AvgIpc) is 2.68. The third-order valence-electron chi connectivity index (χ3n) is 4.58. The molecule has 146 valence electrons. The number of benzene rings is 2. The first kappa shape index (κ1) is 20.8. The Labute approximate surface area is 162 Å². The maximum atomic E-state index is 12.4. The third kappa shape index (κ3) is 5.73. The van der Waals surface area contributed by atoms with Crippen molar-refractivity contribution >= 4 is 11.6 Å². The van der Waals surface area contributed by atoms with Crippen LogP contribution in [0.15, 0.2) is 42.5 Å². The van der Waals surface area contributed by atoms with Crippen LogP contribution < -0.4 is 20.1 Å². The zero-order valence-corrected chi connectivity index (χ0v) is 16.8. The van der Waals surface area contributed by atoms with Crippen LogP contribution in [0, 0.1) is 5.92 Å². The largest absolute Gasteiger partial charge is 0.497 e. The second kappa shape index (κ2) is 9.97. The van der Waals surface area contributed by atoms with Gasteiger partial charge in [-0.25, -0.2) is 0 Å². The van der Waals surface area contributed by atoms with Gasteiger partial charge in [-0.1, -0.05) is 45.0 Å². The number of carbonyl (C=O) groups excluding carboxylic acids is 1. The van der Waals surface area contributed by atoms with Crippen LogP contribution in [0.3, 0.4) is 0 Å². The molecule has 0 heterocycles. The van der Waals surface area contributed by atoms with Gasteiger partial charge in [0.2, 0.25) is 5.91 Å². The molecule has 2 aromatic rings. The Bertz CT molecular complexity index is 742. The van der Waals surface area contributed by atoms with Gasteiger partial charge in [-0.3, -0.25) is 4.79 Å². The Morgan fingerprint density at radius 3 is 2.30 bits per heavy atom. The van der Waals surface area contributed by atoms with E-state index in [1.165, 1.54) is 11.1 Å². The van der Waals surface area contributed by atoms with Gasteiger partial charge in [0.15, 0.2) is 0 Å². The van der Waals surface area contributed by atoms with Crippen LogP contribution in [0.2, 0.25) is 0 Å². The summed E-state index contributed by atoms with van der Waals surface area (Å²) in [5, 5.41) is 6.27. The van der Waals surface area contributed by atoms with Crippen molar-refractivity contribution in [3.8, 4) is 11.5 Å². The maximum Gasteiger partial charge on any atom is 0.238 e. The summed E-state index contributed by atoms with van der Waals surface area (Å²) in [5.74, 6) is 1.49. The molecular formula is C22H30N2O3. The van der Waals surface area contributed by atoms with Crippen LogP contribution in [0.4, 0.5) is 5.69 Å². The summed E-state index contributed by atoms with van der Waals surface area (Å²) >= 11 is 0. The van der Waals surface area contributed by atoms with Gasteiger partial charge >= 0.3 is 0 Å². The molecule has 2 N–H and O–H groups in total. The highest BCUT2D eigenvalue weighted by molar-refractivity contribution is 5.93. The number of hydrogen-bond acceptors (Lipinski definition) is 4. The number of anilines is 1. The van der Waals surface area contributed by atoms with Crippen molar-refractivity contribution in [1.82, 2.24) is 5.32 Å². The summed E-state index contributed by atoms with van der Waals surface area (Å²) in [4.78, 5) is 12.4. The van der Waals surface area contributed by atoms with Gasteiger partial charge in [-0.2, -0.15) is 0 Å². The van der Waals surface area contributed by atoms with E-state index in [0.717, 1.165) is 6.42 Å². The molecule has 0 unspecified atom stereocenters. The standard InChI is InChI=1S/C22H30N2O3/c1-6-16-7-9-17(10-8-16)22(15(2)3)23-14-21(25)24-19-12-11-18(26-4)13-20(19)27-5/h7-13,15,22-23H,6,14H2,1-5H3,(H,24,25)/t22-/m0/s1. The molecule has 2 aromatic carbocycles. The summed E-state index contributed by atoms with van der Waals surface area (Å²) in [6.07, 6.45) is 1.02. The number of ether oxygens (including phenoxy) is 2. The summed E-state index contributed by atoms with van der Waals surface area (Å²) in [6.45, 7) is 6.66. The van der Waals surface area contributed by atoms with E-state index in [4.69, 9.17) is 9.47 Å². The summed E-state index contributed by atoms with van der Waals surface area (Å²) < 4.78 is 10.5. The summed E-state index contributed by atoms with van der Waals surface area (Å²) in [5.41, 5.74) is 3.13. The van der Waals surface area contributed by atoms with Crippen LogP contribution in [0.5, 0.6) is 11.5 Å². The molecule has 1 amide bonds. The van der Waals surface area contributed by atoms with E-state index in [-0.39, 0.29) is 18.5 Å². The quantitative estimate of drug-likeness (QED) is 0.695. The average molecular weight is 370 g/mol. The highest BCUT2D eigenvalue weighted by Crippen LogP contribution is 2.29. The van der Waals surface area contributed by atoms with Crippen LogP contribution in [0.25, 0.3) is 0 Å². The molecule has 0 bridgehead atoms. The molecule has 0 aliphatic rings. The molecule has 0 radical (unpaired) electrons. The molecule has 5 nitrogen and oxygen atoms in total. The molecule has 0 fully saturated rings. The molecule has 0 aliphatic carbocycles. The highest BCUT2D eigenvalue weighted by atomic mass is 16.5. The van der Waals surface area contributed by atoms with Gasteiger partial charge in [0, 0.05) is 12.1 Å². The van der Waals surface area contributed by atoms with E-state index in [1.807, 2.05) is 0 Å². The van der Waals surface area contributed by atoms with Crippen LogP contribution in [-0.2, 0) is 11.2 Å². The predicted octanol–water partition coefficient (Wildman–Crippen LogP) is 4.19. The lowest BCUT2D eigenvalue weighted by Crippen LogP contribution is -2.33. The topological polar surface area (TPSA) is 59.6 Å². The molecular weight excluding hydrogens is 340 g/mol. The second-order valence-electron chi connectivity index (χ2n) is 6.81. The summed E-state index contributed by atoms with van der Waals surface area (Å²) in [6, 6.07) is 14.0. The first-order chi connectivity index (χ1) is 13.0. The fourth-order valence-electron chi connectivity index (χ4n) is 3.00. The number of carbonyl (C=O) groups is 1. The zero-order valence-electron chi connectivity index (χ0n) is 16.8. The second-order valence-corrected chi connectivity index (χ2v) is 6.81. The summed E-state index contributed by atoms with van der Waals surface area (Å²) in [7, 11) is 3.16. The molecule has 0 spiro atoms. The smallest absolute Gasteiger partial charge is 0.238 e. The lowest BCUT2D eigenvalue weighted by atomic mass is 9.95. The minimum Gasteiger partial charge on any atom is -0.497 e. The first-order valence-corrected chi connectivity index (χ1v) is 9.32. The van der Waals surface area contributed by atoms with Crippen molar-refractivity contribution in [2.45, 2.75) is 33.2 Å². The predicted molar refractivity (Wildman–Crippen MR) is 110 cm³/mol. The Hall–Kier alpha value is -2.53. The molecule has 0 aliphatic heterocycles. The van der Waals surface area contributed by atoms with Crippen molar-refractivity contribution in [2.24, 2.45) is 5.92 Å². The Balaban J connectivity index is 2.01. The Morgan fingerprint density at radius 2 is 1.74 bits per heavy atom. The number of methoxy groups -OCH3 is 2. The van der Waals surface area contributed by atoms with Crippen molar-refractivity contribution < 1.29 is 14.3 Å². The number of rotatable bonds is 9. The molecule has 2 rings (SSSR count). The van der Waals surface area contributed by atoms with Gasteiger partial charge in [-0.05, 0) is 35.6 Å². The fraction of sp³-hybridized carbons (Fsp3) is 0.409. The highest BCUT2D eigenvalue weighted by Gasteiger charge is 2.17. The molecule has 0 saturated heterocycles. The number of hydrogen-bond donors (Lipinski definition) is 2. The lowest BCUT2D eigenvalue weighted by molar-refractivity contribution is -0.115. The van der Waals surface area contributed by atoms with Crippen molar-refractivity contribution in [2.75, 3.05) is 26.1 Å². The lowest BCUT2D eigenvalue weighted by Gasteiger charge is -2.23. The van der Waals surface area contributed by atoms with E-state index in [0.29, 0.717) is 23.1 Å². The van der Waals surface area contributed by atoms with E-state index in [2.05, 4.69) is 55.7 Å². The third-order valence-corrected chi connectivity index (χ3v) is 4.58. The Morgan fingerprint density at radius 1 is 1.04 bits per heavy atom. The van der Waals surface area contributed by atoms with Crippen LogP contribution in [0.1, 0.15) is 37.9 Å². The fourth-order valence-corrected chi connectivity index (χ4v) is 3.00. The monoisotopic (exact) mass is 370 g/mol. The van der Waals surface area contributed by atoms with Gasteiger partial charge < -0.3 is 20.1 Å². The number of aryl methyl sites for hydroxylation is 1. The molecule has 27 heavy (non-hydrogen) atoms. The SMILES string of the molecule is CCc1ccc([C@@H](NCC(=O)Nc2ccc(OC)cc2OC)C(C)C)cc1. The van der Waals surface area contributed by atoms with Gasteiger partial charge in [-0.15, -0.1) is 0 Å². The minimum atomic E-state index is -0.116. The molecule has 0 saturated carbocycles.